The lowest BCUT2D eigenvalue weighted by atomic mass is 9.92. The zero-order valence-corrected chi connectivity index (χ0v) is 21.6. The van der Waals surface area contributed by atoms with Crippen LogP contribution in [0.3, 0.4) is 0 Å². The molecule has 0 aliphatic heterocycles. The zero-order chi connectivity index (χ0) is 26.8. The molecule has 196 valence electrons. The van der Waals surface area contributed by atoms with Crippen molar-refractivity contribution in [3.05, 3.63) is 48.0 Å². The van der Waals surface area contributed by atoms with Gasteiger partial charge in [0.1, 0.15) is 23.8 Å². The number of carbonyl (C=O) groups is 3. The molecule has 8 nitrogen and oxygen atoms in total. The van der Waals surface area contributed by atoms with E-state index in [9.17, 15) is 18.8 Å². The average Bonchev–Trinajstić information content (AvgIpc) is 2.83. The molecule has 0 radical (unpaired) electrons. The van der Waals surface area contributed by atoms with E-state index in [1.807, 2.05) is 13.8 Å². The lowest BCUT2D eigenvalue weighted by molar-refractivity contribution is -0.158. The highest BCUT2D eigenvalue weighted by Gasteiger charge is 2.32. The number of nitrogens with zero attached hydrogens (tertiary/aromatic N) is 1. The molecule has 0 saturated heterocycles. The van der Waals surface area contributed by atoms with E-state index in [4.69, 9.17) is 18.9 Å². The van der Waals surface area contributed by atoms with Crippen molar-refractivity contribution >= 4 is 17.7 Å². The lowest BCUT2D eigenvalue weighted by Crippen LogP contribution is -2.40. The Bertz CT molecular complexity index is 1050. The smallest absolute Gasteiger partial charge is 0.309 e. The minimum Gasteiger partial charge on any atom is -0.493 e. The van der Waals surface area contributed by atoms with Gasteiger partial charge in [-0.1, -0.05) is 26.8 Å². The van der Waals surface area contributed by atoms with Crippen LogP contribution in [0.15, 0.2) is 36.5 Å². The van der Waals surface area contributed by atoms with E-state index in [1.54, 1.807) is 26.0 Å². The third-order valence-corrected chi connectivity index (χ3v) is 5.84. The van der Waals surface area contributed by atoms with Gasteiger partial charge in [-0.2, -0.15) is 0 Å². The Labute approximate surface area is 211 Å². The van der Waals surface area contributed by atoms with E-state index in [0.717, 1.165) is 12.8 Å². The van der Waals surface area contributed by atoms with Crippen molar-refractivity contribution in [1.82, 2.24) is 4.98 Å². The van der Waals surface area contributed by atoms with Crippen molar-refractivity contribution in [2.75, 3.05) is 7.11 Å². The molecule has 0 amide bonds. The third kappa shape index (κ3) is 7.76. The van der Waals surface area contributed by atoms with Gasteiger partial charge in [0.2, 0.25) is 5.75 Å². The van der Waals surface area contributed by atoms with Gasteiger partial charge in [-0.3, -0.25) is 14.4 Å². The Morgan fingerprint density at radius 1 is 1.08 bits per heavy atom. The Morgan fingerprint density at radius 3 is 2.36 bits per heavy atom. The summed E-state index contributed by atoms with van der Waals surface area (Å²) in [6, 6.07) is 7.27. The minimum absolute atomic E-state index is 0.0558. The van der Waals surface area contributed by atoms with Gasteiger partial charge in [-0.15, -0.1) is 0 Å². The van der Waals surface area contributed by atoms with Crippen LogP contribution in [-0.2, 0) is 14.3 Å². The Hall–Kier alpha value is -3.49. The van der Waals surface area contributed by atoms with Gasteiger partial charge in [0.15, 0.2) is 17.2 Å². The summed E-state index contributed by atoms with van der Waals surface area (Å²) in [5, 5.41) is 0. The number of ether oxygens (including phenoxy) is 4. The maximum absolute atomic E-state index is 13.7. The van der Waals surface area contributed by atoms with Crippen LogP contribution in [0.1, 0.15) is 64.4 Å². The topological polar surface area (TPSA) is 101 Å². The van der Waals surface area contributed by atoms with Gasteiger partial charge >= 0.3 is 11.9 Å². The number of rotatable bonds is 13. The molecule has 9 heteroatoms. The van der Waals surface area contributed by atoms with Crippen molar-refractivity contribution in [3.8, 4) is 17.2 Å². The van der Waals surface area contributed by atoms with Crippen LogP contribution in [-0.4, -0.2) is 42.0 Å². The number of methoxy groups -OCH3 is 1. The first-order valence-electron chi connectivity index (χ1n) is 12.0. The molecule has 1 aromatic carbocycles. The Kier molecular flexibility index (Phi) is 10.8. The normalized spacial score (nSPS) is 13.4. The quantitative estimate of drug-likeness (QED) is 0.272. The van der Waals surface area contributed by atoms with Crippen molar-refractivity contribution in [2.24, 2.45) is 11.8 Å². The van der Waals surface area contributed by atoms with Gasteiger partial charge in [0.25, 0.3) is 0 Å². The fourth-order valence-corrected chi connectivity index (χ4v) is 3.88. The number of hydrogen-bond donors (Lipinski definition) is 0. The molecule has 1 aromatic heterocycles. The standard InChI is InChI=1S/C27H34FNO7/c1-7-19(8-2)25(36-21-11-9-10-20(28)15-21)17(4)34-27(32)16(3)14-22(31)24-26(35-18(5)30)23(33-6)12-13-29-24/h9-13,15-17,19,25H,7-8,14H2,1-6H3/t16-,17+,25+/m1/s1. The van der Waals surface area contributed by atoms with Crippen molar-refractivity contribution in [3.63, 3.8) is 0 Å². The van der Waals surface area contributed by atoms with E-state index in [0.29, 0.717) is 5.75 Å². The second-order valence-corrected chi connectivity index (χ2v) is 8.57. The predicted molar refractivity (Wildman–Crippen MR) is 131 cm³/mol. The molecule has 0 spiro atoms. The number of ketones is 1. The summed E-state index contributed by atoms with van der Waals surface area (Å²) in [5.74, 6) is -2.48. The molecular weight excluding hydrogens is 469 g/mol. The fraction of sp³-hybridized carbons (Fsp3) is 0.481. The predicted octanol–water partition coefficient (Wildman–Crippen LogP) is 5.18. The summed E-state index contributed by atoms with van der Waals surface area (Å²) in [7, 11) is 1.38. The van der Waals surface area contributed by atoms with Crippen molar-refractivity contribution in [1.29, 1.82) is 0 Å². The van der Waals surface area contributed by atoms with Crippen LogP contribution in [0, 0.1) is 17.7 Å². The highest BCUT2D eigenvalue weighted by Crippen LogP contribution is 2.31. The maximum Gasteiger partial charge on any atom is 0.309 e. The molecule has 0 aliphatic rings. The van der Waals surface area contributed by atoms with E-state index >= 15 is 0 Å². The summed E-state index contributed by atoms with van der Waals surface area (Å²) < 4.78 is 35.7. The number of Topliss-reactive ketones (excluding diaryl/α,β-unsaturated/α-hetero) is 1. The molecule has 0 saturated carbocycles. The second kappa shape index (κ2) is 13.6. The highest BCUT2D eigenvalue weighted by molar-refractivity contribution is 5.99. The molecular formula is C27H34FNO7. The molecule has 0 fully saturated rings. The van der Waals surface area contributed by atoms with Gasteiger partial charge in [0, 0.05) is 31.7 Å². The lowest BCUT2D eigenvalue weighted by Gasteiger charge is -2.31. The average molecular weight is 504 g/mol. The van der Waals surface area contributed by atoms with Crippen LogP contribution in [0.4, 0.5) is 4.39 Å². The largest absolute Gasteiger partial charge is 0.493 e. The number of pyridine rings is 1. The van der Waals surface area contributed by atoms with E-state index < -0.39 is 41.7 Å². The zero-order valence-electron chi connectivity index (χ0n) is 21.6. The molecule has 2 rings (SSSR count). The first-order valence-corrected chi connectivity index (χ1v) is 12.0. The van der Waals surface area contributed by atoms with Crippen LogP contribution in [0.2, 0.25) is 0 Å². The number of halogens is 1. The van der Waals surface area contributed by atoms with Gasteiger partial charge in [0.05, 0.1) is 13.0 Å². The summed E-state index contributed by atoms with van der Waals surface area (Å²) in [6.45, 7) is 8.50. The number of esters is 2. The molecule has 1 heterocycles. The third-order valence-electron chi connectivity index (χ3n) is 5.84. The molecule has 0 aliphatic carbocycles. The first kappa shape index (κ1) is 28.7. The fourth-order valence-electron chi connectivity index (χ4n) is 3.88. The molecule has 0 N–H and O–H groups in total. The summed E-state index contributed by atoms with van der Waals surface area (Å²) in [4.78, 5) is 41.4. The highest BCUT2D eigenvalue weighted by atomic mass is 19.1. The van der Waals surface area contributed by atoms with Gasteiger partial charge < -0.3 is 18.9 Å². The summed E-state index contributed by atoms with van der Waals surface area (Å²) >= 11 is 0. The first-order chi connectivity index (χ1) is 17.1. The molecule has 3 atom stereocenters. The maximum atomic E-state index is 13.7. The van der Waals surface area contributed by atoms with Crippen LogP contribution in [0.5, 0.6) is 17.2 Å². The summed E-state index contributed by atoms with van der Waals surface area (Å²) in [6.07, 6.45) is 1.51. The van der Waals surface area contributed by atoms with Gasteiger partial charge in [-0.05, 0) is 37.8 Å². The van der Waals surface area contributed by atoms with E-state index in [2.05, 4.69) is 4.98 Å². The number of aromatic nitrogens is 1. The molecule has 0 unspecified atom stereocenters. The van der Waals surface area contributed by atoms with Crippen LogP contribution in [0.25, 0.3) is 0 Å². The molecule has 36 heavy (non-hydrogen) atoms. The van der Waals surface area contributed by atoms with Crippen LogP contribution >= 0.6 is 0 Å². The van der Waals surface area contributed by atoms with Crippen molar-refractivity contribution < 1.29 is 37.7 Å². The van der Waals surface area contributed by atoms with Gasteiger partial charge in [-0.25, -0.2) is 9.37 Å². The van der Waals surface area contributed by atoms with E-state index in [-0.39, 0.29) is 29.5 Å². The monoisotopic (exact) mass is 503 g/mol. The number of hydrogen-bond acceptors (Lipinski definition) is 8. The number of benzene rings is 1. The minimum atomic E-state index is -0.811. The Balaban J connectivity index is 2.14. The van der Waals surface area contributed by atoms with Crippen molar-refractivity contribution in [2.45, 2.75) is 66.1 Å². The summed E-state index contributed by atoms with van der Waals surface area (Å²) in [5.41, 5.74) is -0.110. The van der Waals surface area contributed by atoms with Crippen LogP contribution < -0.4 is 14.2 Å². The Morgan fingerprint density at radius 2 is 1.78 bits per heavy atom. The SMILES string of the molecule is CCC(CC)[C@@H](Oc1cccc(F)c1)[C@H](C)OC(=O)[C@H](C)CC(=O)c1nccc(OC)c1OC(C)=O. The number of carbonyl (C=O) groups excluding carboxylic acids is 3. The molecule has 2 aromatic rings. The molecule has 0 bridgehead atoms. The van der Waals surface area contributed by atoms with E-state index in [1.165, 1.54) is 38.4 Å². The second-order valence-electron chi connectivity index (χ2n) is 8.57.